The predicted molar refractivity (Wildman–Crippen MR) is 97.0 cm³/mol. The molecule has 9 heteroatoms. The standard InChI is InChI=1S/C18H18N4O5/c19-7-2-1-6-14(16(20)23)21-17(24)12-5-3-4-10-8-11(22(26)27)9-13(15(10)12)18(21)25/h3-5,8-9,14H,1-2,6-7,19H2,(H2,20,23)/t14-/m0/s1. The number of imide groups is 1. The van der Waals surface area contributed by atoms with E-state index in [1.165, 1.54) is 12.1 Å². The van der Waals surface area contributed by atoms with Crippen molar-refractivity contribution in [2.24, 2.45) is 11.5 Å². The van der Waals surface area contributed by atoms with Crippen molar-refractivity contribution < 1.29 is 19.3 Å². The molecule has 0 fully saturated rings. The highest BCUT2D eigenvalue weighted by molar-refractivity contribution is 6.26. The molecule has 27 heavy (non-hydrogen) atoms. The highest BCUT2D eigenvalue weighted by atomic mass is 16.6. The van der Waals surface area contributed by atoms with Gasteiger partial charge in [-0.1, -0.05) is 12.1 Å². The van der Waals surface area contributed by atoms with Gasteiger partial charge in [-0.15, -0.1) is 0 Å². The number of nitrogens with zero attached hydrogens (tertiary/aromatic N) is 2. The number of amides is 3. The van der Waals surface area contributed by atoms with Gasteiger partial charge in [0.15, 0.2) is 0 Å². The summed E-state index contributed by atoms with van der Waals surface area (Å²) in [6, 6.07) is 6.00. The predicted octanol–water partition coefficient (Wildman–Crippen LogP) is 1.33. The van der Waals surface area contributed by atoms with E-state index < -0.39 is 28.7 Å². The van der Waals surface area contributed by atoms with Gasteiger partial charge in [0.1, 0.15) is 6.04 Å². The van der Waals surface area contributed by atoms with E-state index in [9.17, 15) is 24.5 Å². The van der Waals surface area contributed by atoms with Crippen molar-refractivity contribution in [3.63, 3.8) is 0 Å². The number of hydrogen-bond acceptors (Lipinski definition) is 6. The summed E-state index contributed by atoms with van der Waals surface area (Å²) in [7, 11) is 0. The first-order valence-corrected chi connectivity index (χ1v) is 8.45. The lowest BCUT2D eigenvalue weighted by Gasteiger charge is -2.32. The molecule has 3 amide bonds. The summed E-state index contributed by atoms with van der Waals surface area (Å²) in [6.07, 6.45) is 1.30. The molecule has 0 radical (unpaired) electrons. The molecule has 0 saturated carbocycles. The summed E-state index contributed by atoms with van der Waals surface area (Å²) in [4.78, 5) is 49.3. The Morgan fingerprint density at radius 1 is 1.15 bits per heavy atom. The van der Waals surface area contributed by atoms with Gasteiger partial charge >= 0.3 is 0 Å². The van der Waals surface area contributed by atoms with Crippen molar-refractivity contribution in [3.05, 3.63) is 51.6 Å². The van der Waals surface area contributed by atoms with E-state index in [1.807, 2.05) is 0 Å². The number of non-ortho nitro benzene ring substituents is 1. The summed E-state index contributed by atoms with van der Waals surface area (Å²) >= 11 is 0. The third-order valence-corrected chi connectivity index (χ3v) is 4.64. The lowest BCUT2D eigenvalue weighted by Crippen LogP contribution is -2.52. The molecule has 3 rings (SSSR count). The van der Waals surface area contributed by atoms with Crippen molar-refractivity contribution in [2.75, 3.05) is 6.54 Å². The summed E-state index contributed by atoms with van der Waals surface area (Å²) in [5.74, 6) is -2.21. The van der Waals surface area contributed by atoms with Crippen LogP contribution in [0.2, 0.25) is 0 Å². The van der Waals surface area contributed by atoms with E-state index in [0.29, 0.717) is 30.2 Å². The summed E-state index contributed by atoms with van der Waals surface area (Å²) in [5, 5.41) is 12.0. The smallest absolute Gasteiger partial charge is 0.270 e. The highest BCUT2D eigenvalue weighted by Crippen LogP contribution is 2.34. The SMILES string of the molecule is NCCCC[C@@H](C(N)=O)N1C(=O)c2cccc3cc([N+](=O)[O-])cc(c23)C1=O. The van der Waals surface area contributed by atoms with Crippen molar-refractivity contribution in [3.8, 4) is 0 Å². The number of nitrogens with two attached hydrogens (primary N) is 2. The maximum atomic E-state index is 13.0. The van der Waals surface area contributed by atoms with Crippen LogP contribution in [0.4, 0.5) is 5.69 Å². The summed E-state index contributed by atoms with van der Waals surface area (Å²) in [6.45, 7) is 0.404. The molecule has 2 aromatic carbocycles. The zero-order valence-corrected chi connectivity index (χ0v) is 14.4. The minimum Gasteiger partial charge on any atom is -0.368 e. The quantitative estimate of drug-likeness (QED) is 0.325. The van der Waals surface area contributed by atoms with Crippen molar-refractivity contribution in [2.45, 2.75) is 25.3 Å². The third-order valence-electron chi connectivity index (χ3n) is 4.64. The third kappa shape index (κ3) is 3.13. The lowest BCUT2D eigenvalue weighted by molar-refractivity contribution is -0.384. The fourth-order valence-corrected chi connectivity index (χ4v) is 3.38. The van der Waals surface area contributed by atoms with E-state index in [-0.39, 0.29) is 23.2 Å². The molecular weight excluding hydrogens is 352 g/mol. The number of unbranched alkanes of at least 4 members (excludes halogenated alkanes) is 1. The van der Waals surface area contributed by atoms with Gasteiger partial charge in [-0.05, 0) is 37.3 Å². The normalized spacial score (nSPS) is 14.5. The Kier molecular flexibility index (Phi) is 4.87. The summed E-state index contributed by atoms with van der Waals surface area (Å²) in [5.41, 5.74) is 10.9. The van der Waals surface area contributed by atoms with Crippen molar-refractivity contribution in [1.29, 1.82) is 0 Å². The first-order chi connectivity index (χ1) is 12.9. The number of carbonyl (C=O) groups is 3. The Morgan fingerprint density at radius 2 is 1.85 bits per heavy atom. The van der Waals surface area contributed by atoms with Crippen LogP contribution in [0.15, 0.2) is 30.3 Å². The first kappa shape index (κ1) is 18.5. The van der Waals surface area contributed by atoms with Crippen LogP contribution in [0.3, 0.4) is 0 Å². The van der Waals surface area contributed by atoms with E-state index >= 15 is 0 Å². The molecule has 140 valence electrons. The number of rotatable bonds is 7. The number of nitro groups is 1. The molecular formula is C18H18N4O5. The molecule has 1 aliphatic heterocycles. The Balaban J connectivity index is 2.15. The first-order valence-electron chi connectivity index (χ1n) is 8.45. The van der Waals surface area contributed by atoms with Crippen LogP contribution in [0.25, 0.3) is 10.8 Å². The second kappa shape index (κ2) is 7.12. The largest absolute Gasteiger partial charge is 0.368 e. The fourth-order valence-electron chi connectivity index (χ4n) is 3.38. The van der Waals surface area contributed by atoms with Crippen LogP contribution < -0.4 is 11.5 Å². The van der Waals surface area contributed by atoms with E-state index in [1.54, 1.807) is 12.1 Å². The summed E-state index contributed by atoms with van der Waals surface area (Å²) < 4.78 is 0. The van der Waals surface area contributed by atoms with Gasteiger partial charge in [-0.25, -0.2) is 0 Å². The molecule has 0 aromatic heterocycles. The minimum atomic E-state index is -1.14. The lowest BCUT2D eigenvalue weighted by atomic mass is 9.91. The van der Waals surface area contributed by atoms with Crippen LogP contribution in [0, 0.1) is 10.1 Å². The van der Waals surface area contributed by atoms with E-state index in [2.05, 4.69) is 0 Å². The Bertz CT molecular complexity index is 972. The number of carbonyl (C=O) groups excluding carboxylic acids is 3. The minimum absolute atomic E-state index is 0.0134. The number of benzene rings is 2. The maximum Gasteiger partial charge on any atom is 0.270 e. The van der Waals surface area contributed by atoms with Gasteiger partial charge in [0, 0.05) is 23.1 Å². The molecule has 2 aromatic rings. The Morgan fingerprint density at radius 3 is 2.48 bits per heavy atom. The molecule has 0 aliphatic carbocycles. The average Bonchev–Trinajstić information content (AvgIpc) is 2.64. The molecule has 0 bridgehead atoms. The molecule has 0 saturated heterocycles. The molecule has 9 nitrogen and oxygen atoms in total. The zero-order chi connectivity index (χ0) is 19.7. The second-order valence-corrected chi connectivity index (χ2v) is 6.34. The monoisotopic (exact) mass is 370 g/mol. The van der Waals surface area contributed by atoms with Gasteiger partial charge < -0.3 is 11.5 Å². The van der Waals surface area contributed by atoms with E-state index in [0.717, 1.165) is 11.0 Å². The van der Waals surface area contributed by atoms with Crippen LogP contribution in [0.1, 0.15) is 40.0 Å². The van der Waals surface area contributed by atoms with Crippen molar-refractivity contribution in [1.82, 2.24) is 4.90 Å². The molecule has 1 aliphatic rings. The van der Waals surface area contributed by atoms with Crippen LogP contribution in [-0.4, -0.2) is 40.1 Å². The average molecular weight is 370 g/mol. The van der Waals surface area contributed by atoms with E-state index in [4.69, 9.17) is 11.5 Å². The van der Waals surface area contributed by atoms with Gasteiger partial charge in [-0.2, -0.15) is 0 Å². The molecule has 0 spiro atoms. The Labute approximate surface area is 154 Å². The van der Waals surface area contributed by atoms with Crippen molar-refractivity contribution >= 4 is 34.2 Å². The topological polar surface area (TPSA) is 150 Å². The highest BCUT2D eigenvalue weighted by Gasteiger charge is 2.40. The Hall–Kier alpha value is -3.33. The zero-order valence-electron chi connectivity index (χ0n) is 14.4. The number of nitro benzene ring substituents is 1. The molecule has 4 N–H and O–H groups in total. The van der Waals surface area contributed by atoms with Gasteiger partial charge in [0.25, 0.3) is 17.5 Å². The second-order valence-electron chi connectivity index (χ2n) is 6.34. The van der Waals surface area contributed by atoms with Gasteiger partial charge in [-0.3, -0.25) is 29.4 Å². The molecule has 0 unspecified atom stereocenters. The van der Waals surface area contributed by atoms with Gasteiger partial charge in [0.2, 0.25) is 5.91 Å². The van der Waals surface area contributed by atoms with Crippen LogP contribution in [0.5, 0.6) is 0 Å². The maximum absolute atomic E-state index is 13.0. The van der Waals surface area contributed by atoms with Gasteiger partial charge in [0.05, 0.1) is 10.5 Å². The molecule has 1 heterocycles. The number of hydrogen-bond donors (Lipinski definition) is 2. The van der Waals surface area contributed by atoms with Crippen LogP contribution in [-0.2, 0) is 4.79 Å². The van der Waals surface area contributed by atoms with Crippen LogP contribution >= 0.6 is 0 Å². The molecule has 1 atom stereocenters. The number of primary amides is 1. The fraction of sp³-hybridized carbons (Fsp3) is 0.278.